The van der Waals surface area contributed by atoms with Crippen LogP contribution in [0.3, 0.4) is 0 Å². The molecule has 1 unspecified atom stereocenters. The molecule has 1 saturated heterocycles. The largest absolute Gasteiger partial charge is 0.496 e. The molecule has 1 aliphatic rings. The molecule has 3 aromatic rings. The fraction of sp³-hybridized carbons (Fsp3) is 0.318. The summed E-state index contributed by atoms with van der Waals surface area (Å²) in [6, 6.07) is 11.5. The Morgan fingerprint density at radius 3 is 2.97 bits per heavy atom. The first-order valence-corrected chi connectivity index (χ1v) is 9.82. The molecular formula is C22H26ClN5O2. The van der Waals surface area contributed by atoms with Gasteiger partial charge in [0.2, 0.25) is 0 Å². The quantitative estimate of drug-likeness (QED) is 0.605. The van der Waals surface area contributed by atoms with E-state index < -0.39 is 0 Å². The number of carbonyl (C=O) groups is 1. The van der Waals surface area contributed by atoms with Gasteiger partial charge in [0.25, 0.3) is 5.91 Å². The number of halogens is 1. The molecule has 1 aromatic carbocycles. The molecule has 3 heterocycles. The van der Waals surface area contributed by atoms with E-state index in [1.807, 2.05) is 36.5 Å². The topological polar surface area (TPSA) is 81.1 Å². The van der Waals surface area contributed by atoms with E-state index in [-0.39, 0.29) is 18.3 Å². The Bertz CT molecular complexity index is 985. The minimum absolute atomic E-state index is 0. The van der Waals surface area contributed by atoms with Gasteiger partial charge in [0.15, 0.2) is 0 Å². The molecule has 0 radical (unpaired) electrons. The van der Waals surface area contributed by atoms with Crippen molar-refractivity contribution in [2.45, 2.75) is 19.4 Å². The summed E-state index contributed by atoms with van der Waals surface area (Å²) in [6.07, 6.45) is 7.23. The summed E-state index contributed by atoms with van der Waals surface area (Å²) in [5.74, 6) is 1.84. The van der Waals surface area contributed by atoms with Crippen LogP contribution in [0, 0.1) is 5.92 Å². The van der Waals surface area contributed by atoms with Gasteiger partial charge in [-0.1, -0.05) is 18.2 Å². The molecule has 1 atom stereocenters. The van der Waals surface area contributed by atoms with E-state index in [4.69, 9.17) is 4.74 Å². The average molecular weight is 428 g/mol. The van der Waals surface area contributed by atoms with Crippen LogP contribution >= 0.6 is 12.4 Å². The van der Waals surface area contributed by atoms with Crippen molar-refractivity contribution < 1.29 is 9.53 Å². The van der Waals surface area contributed by atoms with Crippen molar-refractivity contribution in [3.05, 3.63) is 71.7 Å². The lowest BCUT2D eigenvalue weighted by atomic mass is 9.99. The van der Waals surface area contributed by atoms with Crippen molar-refractivity contribution >= 4 is 24.1 Å². The lowest BCUT2D eigenvalue weighted by Crippen LogP contribution is -2.17. The van der Waals surface area contributed by atoms with Crippen molar-refractivity contribution in [2.75, 3.05) is 25.5 Å². The molecule has 0 bridgehead atoms. The number of ether oxygens (including phenoxy) is 1. The van der Waals surface area contributed by atoms with E-state index in [0.717, 1.165) is 36.4 Å². The molecule has 2 aromatic heterocycles. The molecule has 0 spiro atoms. The van der Waals surface area contributed by atoms with Crippen LogP contribution in [-0.2, 0) is 13.0 Å². The van der Waals surface area contributed by atoms with E-state index in [2.05, 4.69) is 20.7 Å². The predicted octanol–water partition coefficient (Wildman–Crippen LogP) is 3.16. The van der Waals surface area contributed by atoms with Crippen molar-refractivity contribution in [2.24, 2.45) is 5.92 Å². The van der Waals surface area contributed by atoms with E-state index in [1.54, 1.807) is 30.3 Å². The second-order valence-corrected chi connectivity index (χ2v) is 7.28. The van der Waals surface area contributed by atoms with Gasteiger partial charge >= 0.3 is 0 Å². The van der Waals surface area contributed by atoms with Gasteiger partial charge in [-0.3, -0.25) is 9.78 Å². The Morgan fingerprint density at radius 2 is 2.17 bits per heavy atom. The summed E-state index contributed by atoms with van der Waals surface area (Å²) in [5.41, 5.74) is 2.63. The number of benzene rings is 1. The van der Waals surface area contributed by atoms with E-state index in [0.29, 0.717) is 23.8 Å². The Labute approximate surface area is 182 Å². The zero-order chi connectivity index (χ0) is 20.1. The van der Waals surface area contributed by atoms with Gasteiger partial charge < -0.3 is 15.4 Å². The first-order valence-electron chi connectivity index (χ1n) is 9.82. The van der Waals surface area contributed by atoms with Crippen LogP contribution in [0.25, 0.3) is 0 Å². The Hall–Kier alpha value is -2.90. The molecule has 158 valence electrons. The number of nitrogens with zero attached hydrogens (tertiary/aromatic N) is 3. The lowest BCUT2D eigenvalue weighted by Gasteiger charge is -2.12. The fourth-order valence-corrected chi connectivity index (χ4v) is 3.69. The third kappa shape index (κ3) is 5.17. The number of anilines is 1. The average Bonchev–Trinajstić information content (AvgIpc) is 3.41. The maximum Gasteiger partial charge on any atom is 0.258 e. The number of nitrogens with one attached hydrogen (secondary N) is 2. The van der Waals surface area contributed by atoms with Crippen molar-refractivity contribution in [1.82, 2.24) is 20.1 Å². The first kappa shape index (κ1) is 21.8. The zero-order valence-electron chi connectivity index (χ0n) is 16.9. The molecule has 0 aliphatic carbocycles. The normalized spacial score (nSPS) is 15.4. The highest BCUT2D eigenvalue weighted by Crippen LogP contribution is 2.21. The fourth-order valence-electron chi connectivity index (χ4n) is 3.69. The number of para-hydroxylation sites is 1. The third-order valence-corrected chi connectivity index (χ3v) is 5.21. The SMILES string of the molecule is COc1ccccc1Cn1nccc1NC(=O)c1cncc(CC2CCNC2)c1.Cl. The van der Waals surface area contributed by atoms with E-state index in [9.17, 15) is 4.79 Å². The summed E-state index contributed by atoms with van der Waals surface area (Å²) in [4.78, 5) is 17.1. The summed E-state index contributed by atoms with van der Waals surface area (Å²) in [5, 5.41) is 10.7. The van der Waals surface area contributed by atoms with Crippen LogP contribution in [0.2, 0.25) is 0 Å². The highest BCUT2D eigenvalue weighted by molar-refractivity contribution is 6.03. The summed E-state index contributed by atoms with van der Waals surface area (Å²) < 4.78 is 7.16. The number of hydrogen-bond donors (Lipinski definition) is 2. The van der Waals surface area contributed by atoms with Crippen molar-refractivity contribution in [3.63, 3.8) is 0 Å². The monoisotopic (exact) mass is 427 g/mol. The minimum atomic E-state index is -0.189. The van der Waals surface area contributed by atoms with Crippen LogP contribution in [-0.4, -0.2) is 40.9 Å². The Balaban J connectivity index is 0.00000256. The van der Waals surface area contributed by atoms with E-state index in [1.165, 1.54) is 6.42 Å². The summed E-state index contributed by atoms with van der Waals surface area (Å²) in [7, 11) is 1.65. The molecule has 2 N–H and O–H groups in total. The van der Waals surface area contributed by atoms with Crippen LogP contribution in [0.4, 0.5) is 5.82 Å². The maximum absolute atomic E-state index is 12.8. The molecule has 8 heteroatoms. The number of rotatable bonds is 7. The number of hydrogen-bond acceptors (Lipinski definition) is 5. The molecule has 0 saturated carbocycles. The number of pyridine rings is 1. The molecule has 30 heavy (non-hydrogen) atoms. The standard InChI is InChI=1S/C22H25N5O2.ClH/c1-29-20-5-3-2-4-18(20)15-27-21(7-9-25-27)26-22(28)19-11-17(13-24-14-19)10-16-6-8-23-12-16;/h2-5,7,9,11,13-14,16,23H,6,8,10,12,15H2,1H3,(H,26,28);1H. The van der Waals surface area contributed by atoms with Crippen molar-refractivity contribution in [3.8, 4) is 5.75 Å². The third-order valence-electron chi connectivity index (χ3n) is 5.21. The molecule has 1 fully saturated rings. The van der Waals surface area contributed by atoms with Crippen LogP contribution < -0.4 is 15.4 Å². The van der Waals surface area contributed by atoms with Crippen LogP contribution in [0.1, 0.15) is 27.9 Å². The maximum atomic E-state index is 12.8. The van der Waals surface area contributed by atoms with Gasteiger partial charge in [-0.25, -0.2) is 4.68 Å². The number of methoxy groups -OCH3 is 1. The van der Waals surface area contributed by atoms with Crippen molar-refractivity contribution in [1.29, 1.82) is 0 Å². The first-order chi connectivity index (χ1) is 14.2. The molecule has 7 nitrogen and oxygen atoms in total. The lowest BCUT2D eigenvalue weighted by molar-refractivity contribution is 0.102. The molecule has 1 aliphatic heterocycles. The van der Waals surface area contributed by atoms with Gasteiger partial charge in [0.05, 0.1) is 25.4 Å². The molecular weight excluding hydrogens is 402 g/mol. The second-order valence-electron chi connectivity index (χ2n) is 7.28. The van der Waals surface area contributed by atoms with E-state index >= 15 is 0 Å². The molecule has 1 amide bonds. The minimum Gasteiger partial charge on any atom is -0.496 e. The van der Waals surface area contributed by atoms with Gasteiger partial charge in [-0.2, -0.15) is 5.10 Å². The van der Waals surface area contributed by atoms with Gasteiger partial charge in [0, 0.05) is 24.0 Å². The van der Waals surface area contributed by atoms with Gasteiger partial charge in [-0.15, -0.1) is 12.4 Å². The number of amides is 1. The Morgan fingerprint density at radius 1 is 1.30 bits per heavy atom. The van der Waals surface area contributed by atoms with Crippen LogP contribution in [0.5, 0.6) is 5.75 Å². The zero-order valence-corrected chi connectivity index (χ0v) is 17.7. The molecule has 4 rings (SSSR count). The number of carbonyl (C=O) groups excluding carboxylic acids is 1. The Kier molecular flexibility index (Phi) is 7.43. The smallest absolute Gasteiger partial charge is 0.258 e. The number of aromatic nitrogens is 3. The highest BCUT2D eigenvalue weighted by atomic mass is 35.5. The van der Waals surface area contributed by atoms with Gasteiger partial charge in [-0.05, 0) is 49.5 Å². The second kappa shape index (κ2) is 10.2. The van der Waals surface area contributed by atoms with Crippen LogP contribution in [0.15, 0.2) is 55.0 Å². The predicted molar refractivity (Wildman–Crippen MR) is 118 cm³/mol. The summed E-state index contributed by atoms with van der Waals surface area (Å²) in [6.45, 7) is 2.59. The van der Waals surface area contributed by atoms with Gasteiger partial charge in [0.1, 0.15) is 11.6 Å². The summed E-state index contributed by atoms with van der Waals surface area (Å²) >= 11 is 0. The highest BCUT2D eigenvalue weighted by Gasteiger charge is 2.17.